The first kappa shape index (κ1) is 23.2. The molecule has 1 atom stereocenters. The number of carbonyl (C=O) groups is 1. The van der Waals surface area contributed by atoms with E-state index >= 15 is 0 Å². The molecule has 1 aliphatic heterocycles. The third-order valence-electron chi connectivity index (χ3n) is 5.03. The highest BCUT2D eigenvalue weighted by Gasteiger charge is 2.29. The number of rotatable bonds is 9. The van der Waals surface area contributed by atoms with Gasteiger partial charge >= 0.3 is 0 Å². The summed E-state index contributed by atoms with van der Waals surface area (Å²) in [6.45, 7) is 5.97. The van der Waals surface area contributed by atoms with E-state index in [0.717, 1.165) is 16.7 Å². The Morgan fingerprint density at radius 1 is 1.19 bits per heavy atom. The molecule has 168 valence electrons. The molecule has 31 heavy (non-hydrogen) atoms. The van der Waals surface area contributed by atoms with Crippen molar-refractivity contribution in [2.75, 3.05) is 26.3 Å². The van der Waals surface area contributed by atoms with E-state index in [1.54, 1.807) is 22.5 Å². The molecule has 0 saturated carbocycles. The van der Waals surface area contributed by atoms with Gasteiger partial charge < -0.3 is 10.1 Å². The Bertz CT molecular complexity index is 985. The van der Waals surface area contributed by atoms with E-state index in [9.17, 15) is 13.2 Å². The van der Waals surface area contributed by atoms with E-state index in [1.807, 2.05) is 26.0 Å². The van der Waals surface area contributed by atoms with Gasteiger partial charge in [-0.3, -0.25) is 14.9 Å². The van der Waals surface area contributed by atoms with Crippen molar-refractivity contribution in [3.8, 4) is 5.75 Å². The molecule has 3 rings (SSSR count). The van der Waals surface area contributed by atoms with Crippen molar-refractivity contribution in [3.05, 3.63) is 59.2 Å². The lowest BCUT2D eigenvalue weighted by molar-refractivity contribution is -0.134. The number of hydrogen-bond acceptors (Lipinski definition) is 7. The van der Waals surface area contributed by atoms with Gasteiger partial charge in [-0.05, 0) is 43.7 Å². The molecule has 0 aromatic heterocycles. The average molecular weight is 449 g/mol. The smallest absolute Gasteiger partial charge is 0.262 e. The molecule has 0 radical (unpaired) electrons. The topological polar surface area (TPSA) is 120 Å². The second kappa shape index (κ2) is 10.2. The molecule has 1 unspecified atom stereocenters. The number of sulfonamides is 1. The van der Waals surface area contributed by atoms with E-state index in [1.165, 1.54) is 12.1 Å². The third-order valence-corrected chi connectivity index (χ3v) is 6.47. The summed E-state index contributed by atoms with van der Waals surface area (Å²) in [5, 5.41) is 12.0. The first-order valence-electron chi connectivity index (χ1n) is 9.97. The lowest BCUT2D eigenvalue weighted by Crippen LogP contribution is -2.51. The molecule has 10 heteroatoms. The summed E-state index contributed by atoms with van der Waals surface area (Å²) in [6.07, 6.45) is 0. The number of hydroxylamine groups is 1. The molecule has 1 aliphatic rings. The minimum absolute atomic E-state index is 0.0638. The van der Waals surface area contributed by atoms with Crippen molar-refractivity contribution in [1.29, 1.82) is 0 Å². The molecule has 0 bridgehead atoms. The summed E-state index contributed by atoms with van der Waals surface area (Å²) < 4.78 is 33.5. The Hall–Kier alpha value is -2.50. The van der Waals surface area contributed by atoms with Crippen LogP contribution in [0.1, 0.15) is 16.7 Å². The zero-order valence-electron chi connectivity index (χ0n) is 17.6. The highest BCUT2D eigenvalue weighted by Crippen LogP contribution is 2.18. The van der Waals surface area contributed by atoms with E-state index in [-0.39, 0.29) is 11.4 Å². The lowest BCUT2D eigenvalue weighted by atomic mass is 10.1. The van der Waals surface area contributed by atoms with Gasteiger partial charge in [-0.25, -0.2) is 18.6 Å². The van der Waals surface area contributed by atoms with Gasteiger partial charge in [0.25, 0.3) is 5.91 Å². The number of benzene rings is 2. The van der Waals surface area contributed by atoms with Crippen molar-refractivity contribution in [2.24, 2.45) is 0 Å². The largest absolute Gasteiger partial charge is 0.489 e. The fourth-order valence-electron chi connectivity index (χ4n) is 3.56. The van der Waals surface area contributed by atoms with Crippen LogP contribution in [0.25, 0.3) is 0 Å². The van der Waals surface area contributed by atoms with Gasteiger partial charge in [0.15, 0.2) is 0 Å². The van der Waals surface area contributed by atoms with Crippen LogP contribution in [-0.4, -0.2) is 56.8 Å². The van der Waals surface area contributed by atoms with Crippen molar-refractivity contribution >= 4 is 15.9 Å². The predicted octanol–water partition coefficient (Wildman–Crippen LogP) is 0.897. The highest BCUT2D eigenvalue weighted by atomic mass is 32.2. The first-order chi connectivity index (χ1) is 14.8. The summed E-state index contributed by atoms with van der Waals surface area (Å²) in [7, 11) is -3.84. The lowest BCUT2D eigenvalue weighted by Gasteiger charge is -2.24. The number of amides is 1. The maximum absolute atomic E-state index is 12.6. The number of nitrogens with zero attached hydrogens (tertiary/aromatic N) is 1. The van der Waals surface area contributed by atoms with Crippen LogP contribution in [0.2, 0.25) is 0 Å². The monoisotopic (exact) mass is 448 g/mol. The molecule has 0 aliphatic carbocycles. The molecule has 0 spiro atoms. The number of ether oxygens (including phenoxy) is 1. The molecule has 9 nitrogen and oxygen atoms in total. The summed E-state index contributed by atoms with van der Waals surface area (Å²) in [6, 6.07) is 11.5. The summed E-state index contributed by atoms with van der Waals surface area (Å²) in [5.41, 5.74) is 4.96. The predicted molar refractivity (Wildman–Crippen MR) is 115 cm³/mol. The molecule has 1 fully saturated rings. The number of hydrogen-bond donors (Lipinski definition) is 4. The molecule has 1 saturated heterocycles. The second-order valence-corrected chi connectivity index (χ2v) is 9.34. The average Bonchev–Trinajstić information content (AvgIpc) is 3.26. The van der Waals surface area contributed by atoms with Crippen LogP contribution in [-0.2, 0) is 21.4 Å². The molecular weight excluding hydrogens is 420 g/mol. The Morgan fingerprint density at radius 2 is 1.87 bits per heavy atom. The van der Waals surface area contributed by atoms with Gasteiger partial charge in [0, 0.05) is 26.3 Å². The van der Waals surface area contributed by atoms with Crippen LogP contribution in [0, 0.1) is 13.8 Å². The first-order valence-corrected chi connectivity index (χ1v) is 11.5. The minimum Gasteiger partial charge on any atom is -0.489 e. The van der Waals surface area contributed by atoms with Gasteiger partial charge in [-0.2, -0.15) is 0 Å². The van der Waals surface area contributed by atoms with Crippen molar-refractivity contribution in [3.63, 3.8) is 0 Å². The normalized spacial score (nSPS) is 15.6. The third kappa shape index (κ3) is 6.25. The minimum atomic E-state index is -3.84. The Morgan fingerprint density at radius 3 is 2.45 bits per heavy atom. The quantitative estimate of drug-likeness (QED) is 0.332. The standard InChI is InChI=1S/C21H28N4O5S/c1-15-9-16(2)11-17(10-15)13-30-18-3-5-19(6-4-18)31(28,29)23-12-20(21(26)24-27)25-8-7-22-14-25/h3-6,9-11,20,22-23,27H,7-8,12-14H2,1-2H3,(H,24,26). The fraction of sp³-hybridized carbons (Fsp3) is 0.381. The van der Waals surface area contributed by atoms with Gasteiger partial charge in [0.1, 0.15) is 18.4 Å². The van der Waals surface area contributed by atoms with Crippen LogP contribution < -0.4 is 20.3 Å². The number of nitrogens with one attached hydrogen (secondary N) is 3. The summed E-state index contributed by atoms with van der Waals surface area (Å²) in [4.78, 5) is 13.8. The van der Waals surface area contributed by atoms with Crippen molar-refractivity contribution in [1.82, 2.24) is 20.4 Å². The molecule has 2 aromatic rings. The van der Waals surface area contributed by atoms with Crippen molar-refractivity contribution < 1.29 is 23.2 Å². The fourth-order valence-corrected chi connectivity index (χ4v) is 4.60. The molecule has 1 heterocycles. The summed E-state index contributed by atoms with van der Waals surface area (Å²) in [5.74, 6) is -0.111. The maximum Gasteiger partial charge on any atom is 0.262 e. The number of carbonyl (C=O) groups excluding carboxylic acids is 1. The SMILES string of the molecule is Cc1cc(C)cc(COc2ccc(S(=O)(=O)NCC(C(=O)NO)N3CCNC3)cc2)c1. The molecular formula is C21H28N4O5S. The molecule has 1 amide bonds. The maximum atomic E-state index is 12.6. The van der Waals surface area contributed by atoms with Crippen LogP contribution in [0.4, 0.5) is 0 Å². The zero-order chi connectivity index (χ0) is 22.4. The van der Waals surface area contributed by atoms with E-state index in [2.05, 4.69) is 16.1 Å². The Balaban J connectivity index is 1.61. The van der Waals surface area contributed by atoms with E-state index in [4.69, 9.17) is 9.94 Å². The summed E-state index contributed by atoms with van der Waals surface area (Å²) >= 11 is 0. The van der Waals surface area contributed by atoms with Crippen LogP contribution in [0.15, 0.2) is 47.4 Å². The second-order valence-electron chi connectivity index (χ2n) is 7.57. The van der Waals surface area contributed by atoms with Crippen molar-refractivity contribution in [2.45, 2.75) is 31.4 Å². The highest BCUT2D eigenvalue weighted by molar-refractivity contribution is 7.89. The Labute approximate surface area is 182 Å². The van der Waals surface area contributed by atoms with Crippen LogP contribution in [0.3, 0.4) is 0 Å². The molecule has 2 aromatic carbocycles. The van der Waals surface area contributed by atoms with Gasteiger partial charge in [-0.15, -0.1) is 0 Å². The van der Waals surface area contributed by atoms with Gasteiger partial charge in [0.2, 0.25) is 10.0 Å². The molecule has 4 N–H and O–H groups in total. The number of aryl methyl sites for hydroxylation is 2. The van der Waals surface area contributed by atoms with Crippen LogP contribution in [0.5, 0.6) is 5.75 Å². The van der Waals surface area contributed by atoms with Crippen LogP contribution >= 0.6 is 0 Å². The zero-order valence-corrected chi connectivity index (χ0v) is 18.4. The van der Waals surface area contributed by atoms with Gasteiger partial charge in [0.05, 0.1) is 4.90 Å². The van der Waals surface area contributed by atoms with Gasteiger partial charge in [-0.1, -0.05) is 29.3 Å². The van der Waals surface area contributed by atoms with E-state index < -0.39 is 22.0 Å². The Kier molecular flexibility index (Phi) is 7.63. The van der Waals surface area contributed by atoms with E-state index in [0.29, 0.717) is 32.1 Å².